The molecule has 0 saturated heterocycles. The maximum absolute atomic E-state index is 12.4. The van der Waals surface area contributed by atoms with E-state index >= 15 is 0 Å². The number of hydrogen-bond acceptors (Lipinski definition) is 5. The molecule has 1 atom stereocenters. The van der Waals surface area contributed by atoms with Crippen molar-refractivity contribution < 1.29 is 32.2 Å². The summed E-state index contributed by atoms with van der Waals surface area (Å²) in [6, 6.07) is 1.19. The molecule has 0 aliphatic carbocycles. The molecule has 0 saturated carbocycles. The van der Waals surface area contributed by atoms with Gasteiger partial charge in [-0.15, -0.1) is 12.4 Å². The van der Waals surface area contributed by atoms with Gasteiger partial charge in [-0.2, -0.15) is 13.2 Å². The van der Waals surface area contributed by atoms with E-state index in [1.165, 1.54) is 12.1 Å². The van der Waals surface area contributed by atoms with Crippen LogP contribution in [0.4, 0.5) is 13.2 Å². The minimum Gasteiger partial charge on any atom is -0.490 e. The molecule has 0 spiro atoms. The molecule has 0 bridgehead atoms. The summed E-state index contributed by atoms with van der Waals surface area (Å²) in [6.07, 6.45) is -4.87. The highest BCUT2D eigenvalue weighted by molar-refractivity contribution is 6.37. The molecule has 1 aromatic carbocycles. The van der Waals surface area contributed by atoms with Crippen molar-refractivity contribution in [3.8, 4) is 5.75 Å². The van der Waals surface area contributed by atoms with Crippen LogP contribution in [0, 0.1) is 0 Å². The number of esters is 1. The van der Waals surface area contributed by atoms with Crippen molar-refractivity contribution in [3.63, 3.8) is 0 Å². The van der Waals surface area contributed by atoms with Crippen molar-refractivity contribution in [1.29, 1.82) is 0 Å². The van der Waals surface area contributed by atoms with Crippen LogP contribution in [0.2, 0.25) is 10.0 Å². The molecule has 3 N–H and O–H groups in total. The highest BCUT2D eigenvalue weighted by Gasteiger charge is 2.41. The van der Waals surface area contributed by atoms with Crippen LogP contribution < -0.4 is 15.8 Å². The van der Waals surface area contributed by atoms with Crippen LogP contribution in [0.5, 0.6) is 5.75 Å². The molecule has 12 heteroatoms. The molecule has 0 unspecified atom stereocenters. The minimum atomic E-state index is -5.14. The van der Waals surface area contributed by atoms with Crippen LogP contribution in [-0.2, 0) is 20.7 Å². The number of hydrogen-bond donors (Lipinski definition) is 2. The molecular weight excluding hydrogens is 436 g/mol. The van der Waals surface area contributed by atoms with Gasteiger partial charge in [0.05, 0.1) is 23.8 Å². The van der Waals surface area contributed by atoms with Gasteiger partial charge in [-0.05, 0) is 30.7 Å². The topological polar surface area (TPSA) is 90.7 Å². The second-order valence-corrected chi connectivity index (χ2v) is 5.94. The number of alkyl halides is 3. The molecule has 6 nitrogen and oxygen atoms in total. The van der Waals surface area contributed by atoms with E-state index in [-0.39, 0.29) is 41.2 Å². The van der Waals surface area contributed by atoms with E-state index in [1.54, 1.807) is 5.32 Å². The third-order valence-corrected chi connectivity index (χ3v) is 3.70. The molecule has 0 aromatic heterocycles. The quantitative estimate of drug-likeness (QED) is 0.467. The molecule has 1 aromatic rings. The highest BCUT2D eigenvalue weighted by atomic mass is 35.5. The molecule has 0 fully saturated rings. The lowest BCUT2D eigenvalue weighted by Gasteiger charge is -2.18. The SMILES string of the molecule is COC(=O)[C@H](Cc1cc(Cl)c(OCCCN)c(Cl)c1)NC(=O)C(F)(F)F.Cl. The Morgan fingerprint density at radius 1 is 1.26 bits per heavy atom. The Labute approximate surface area is 169 Å². The standard InChI is InChI=1S/C15H17Cl2F3N2O4.ClH/c1-25-13(23)11(22-14(24)15(18,19)20)7-8-5-9(16)12(10(17)6-8)26-4-2-3-21;/h5-6,11H,2-4,7,21H2,1H3,(H,22,24);1H/t11-;/m0./s1. The number of carbonyl (C=O) groups excluding carboxylic acids is 2. The summed E-state index contributed by atoms with van der Waals surface area (Å²) in [5.41, 5.74) is 5.66. The van der Waals surface area contributed by atoms with Crippen molar-refractivity contribution in [2.45, 2.75) is 25.1 Å². The highest BCUT2D eigenvalue weighted by Crippen LogP contribution is 2.34. The number of carbonyl (C=O) groups is 2. The molecule has 27 heavy (non-hydrogen) atoms. The second-order valence-electron chi connectivity index (χ2n) is 5.13. The molecule has 0 aliphatic heterocycles. The Kier molecular flexibility index (Phi) is 10.8. The predicted octanol–water partition coefficient (Wildman–Crippen LogP) is 2.91. The number of benzene rings is 1. The van der Waals surface area contributed by atoms with Crippen molar-refractivity contribution in [3.05, 3.63) is 27.7 Å². The molecule has 0 radical (unpaired) electrons. The molecular formula is C15H18Cl3F3N2O4. The summed E-state index contributed by atoms with van der Waals surface area (Å²) < 4.78 is 47.1. The first-order valence-electron chi connectivity index (χ1n) is 7.36. The zero-order valence-electron chi connectivity index (χ0n) is 14.1. The third kappa shape index (κ3) is 8.00. The van der Waals surface area contributed by atoms with Crippen molar-refractivity contribution in [2.24, 2.45) is 5.73 Å². The predicted molar refractivity (Wildman–Crippen MR) is 96.6 cm³/mol. The molecule has 154 valence electrons. The Balaban J connectivity index is 0.00000676. The Hall–Kier alpha value is -1.42. The zero-order valence-corrected chi connectivity index (χ0v) is 16.4. The van der Waals surface area contributed by atoms with E-state index in [1.807, 2.05) is 0 Å². The van der Waals surface area contributed by atoms with Crippen LogP contribution in [0.25, 0.3) is 0 Å². The van der Waals surface area contributed by atoms with Gasteiger partial charge < -0.3 is 20.5 Å². The normalized spacial score (nSPS) is 12.0. The average molecular weight is 454 g/mol. The molecule has 1 rings (SSSR count). The Morgan fingerprint density at radius 3 is 2.26 bits per heavy atom. The largest absolute Gasteiger partial charge is 0.490 e. The monoisotopic (exact) mass is 452 g/mol. The van der Waals surface area contributed by atoms with E-state index in [0.29, 0.717) is 18.5 Å². The fraction of sp³-hybridized carbons (Fsp3) is 0.467. The number of nitrogens with two attached hydrogens (primary N) is 1. The summed E-state index contributed by atoms with van der Waals surface area (Å²) in [5.74, 6) is -3.11. The van der Waals surface area contributed by atoms with Crippen LogP contribution in [-0.4, -0.2) is 44.4 Å². The van der Waals surface area contributed by atoms with Crippen molar-refractivity contribution >= 4 is 47.5 Å². The van der Waals surface area contributed by atoms with Gasteiger partial charge in [0, 0.05) is 6.42 Å². The van der Waals surface area contributed by atoms with Crippen molar-refractivity contribution in [1.82, 2.24) is 5.32 Å². The summed E-state index contributed by atoms with van der Waals surface area (Å²) in [6.45, 7) is 0.689. The first-order valence-corrected chi connectivity index (χ1v) is 8.12. The number of nitrogens with one attached hydrogen (secondary N) is 1. The maximum atomic E-state index is 12.4. The van der Waals surface area contributed by atoms with Gasteiger partial charge in [-0.25, -0.2) is 4.79 Å². The third-order valence-electron chi connectivity index (χ3n) is 3.14. The number of ether oxygens (including phenoxy) is 2. The summed E-state index contributed by atoms with van der Waals surface area (Å²) in [5, 5.41) is 1.80. The van der Waals surface area contributed by atoms with Gasteiger partial charge in [0.15, 0.2) is 5.75 Å². The lowest BCUT2D eigenvalue weighted by Crippen LogP contribution is -2.48. The van der Waals surface area contributed by atoms with Gasteiger partial charge in [0.1, 0.15) is 6.04 Å². The fourth-order valence-corrected chi connectivity index (χ4v) is 2.58. The number of halogens is 6. The van der Waals surface area contributed by atoms with Crippen molar-refractivity contribution in [2.75, 3.05) is 20.3 Å². The average Bonchev–Trinajstić information content (AvgIpc) is 2.55. The summed E-state index contributed by atoms with van der Waals surface area (Å²) >= 11 is 12.1. The smallest absolute Gasteiger partial charge is 0.471 e. The minimum absolute atomic E-state index is 0. The van der Waals surface area contributed by atoms with E-state index in [4.69, 9.17) is 33.7 Å². The lowest BCUT2D eigenvalue weighted by atomic mass is 10.1. The van der Waals surface area contributed by atoms with Crippen LogP contribution >= 0.6 is 35.6 Å². The maximum Gasteiger partial charge on any atom is 0.471 e. The van der Waals surface area contributed by atoms with Crippen LogP contribution in [0.1, 0.15) is 12.0 Å². The molecule has 0 heterocycles. The number of amides is 1. The first-order chi connectivity index (χ1) is 12.1. The summed E-state index contributed by atoms with van der Waals surface area (Å²) in [7, 11) is 0.990. The molecule has 0 aliphatic rings. The second kappa shape index (κ2) is 11.4. The number of methoxy groups -OCH3 is 1. The molecule has 1 amide bonds. The van der Waals surface area contributed by atoms with Gasteiger partial charge in [0.25, 0.3) is 0 Å². The summed E-state index contributed by atoms with van der Waals surface area (Å²) in [4.78, 5) is 22.8. The Bertz CT molecular complexity index is 637. The van der Waals surface area contributed by atoms with E-state index in [9.17, 15) is 22.8 Å². The Morgan fingerprint density at radius 2 is 1.81 bits per heavy atom. The van der Waals surface area contributed by atoms with Gasteiger partial charge in [0.2, 0.25) is 0 Å². The van der Waals surface area contributed by atoms with E-state index < -0.39 is 24.1 Å². The number of rotatable bonds is 8. The zero-order chi connectivity index (χ0) is 19.9. The van der Waals surface area contributed by atoms with E-state index in [2.05, 4.69) is 4.74 Å². The van der Waals surface area contributed by atoms with Crippen LogP contribution in [0.3, 0.4) is 0 Å². The fourth-order valence-electron chi connectivity index (χ4n) is 1.94. The van der Waals surface area contributed by atoms with Crippen LogP contribution in [0.15, 0.2) is 12.1 Å². The van der Waals surface area contributed by atoms with Gasteiger partial charge in [-0.1, -0.05) is 23.2 Å². The van der Waals surface area contributed by atoms with Gasteiger partial charge >= 0.3 is 18.1 Å². The first kappa shape index (κ1) is 25.6. The van der Waals surface area contributed by atoms with E-state index in [0.717, 1.165) is 7.11 Å². The van der Waals surface area contributed by atoms with Gasteiger partial charge in [-0.3, -0.25) is 4.79 Å². The lowest BCUT2D eigenvalue weighted by molar-refractivity contribution is -0.175.